The number of aromatic nitrogens is 3. The topological polar surface area (TPSA) is 78.6 Å². The highest BCUT2D eigenvalue weighted by Gasteiger charge is 2.57. The van der Waals surface area contributed by atoms with Crippen LogP contribution in [0, 0.1) is 6.92 Å². The van der Waals surface area contributed by atoms with Crippen molar-refractivity contribution in [3.63, 3.8) is 0 Å². The Labute approximate surface area is 135 Å². The maximum Gasteiger partial charge on any atom is 0.165 e. The van der Waals surface area contributed by atoms with E-state index in [1.165, 1.54) is 6.33 Å². The van der Waals surface area contributed by atoms with Crippen LogP contribution in [-0.4, -0.2) is 57.8 Å². The van der Waals surface area contributed by atoms with Gasteiger partial charge in [-0.15, -0.1) is 0 Å². The third-order valence-electron chi connectivity index (χ3n) is 4.79. The quantitative estimate of drug-likeness (QED) is 0.918. The summed E-state index contributed by atoms with van der Waals surface area (Å²) >= 11 is 0. The van der Waals surface area contributed by atoms with E-state index in [1.807, 2.05) is 30.7 Å². The van der Waals surface area contributed by atoms with Gasteiger partial charge in [0.05, 0.1) is 11.8 Å². The Hall–Kier alpha value is -1.54. The lowest BCUT2D eigenvalue weighted by Crippen LogP contribution is -2.51. The average Bonchev–Trinajstić information content (AvgIpc) is 3.07. The summed E-state index contributed by atoms with van der Waals surface area (Å²) in [5.41, 5.74) is 0.906. The van der Waals surface area contributed by atoms with Crippen LogP contribution in [0.2, 0.25) is 0 Å². The molecule has 0 aliphatic carbocycles. The van der Waals surface area contributed by atoms with Crippen LogP contribution in [0.25, 0.3) is 11.0 Å². The number of aliphatic hydroxyl groups excluding tert-OH is 1. The van der Waals surface area contributed by atoms with Crippen LogP contribution >= 0.6 is 0 Å². The second-order valence-electron chi connectivity index (χ2n) is 6.15. The van der Waals surface area contributed by atoms with Gasteiger partial charge in [0.25, 0.3) is 0 Å². The molecule has 0 aromatic carbocycles. The zero-order valence-corrected chi connectivity index (χ0v) is 14.1. The Bertz CT molecular complexity index is 702. The Morgan fingerprint density at radius 2 is 2.13 bits per heavy atom. The summed E-state index contributed by atoms with van der Waals surface area (Å²) in [7, 11) is 3.22. The number of hydrogen-bond donors (Lipinski definition) is 1. The van der Waals surface area contributed by atoms with E-state index in [0.29, 0.717) is 0 Å². The number of aliphatic hydroxyl groups is 1. The first-order valence-electron chi connectivity index (χ1n) is 7.63. The maximum atomic E-state index is 10.1. The van der Waals surface area contributed by atoms with Crippen LogP contribution in [0.3, 0.4) is 0 Å². The van der Waals surface area contributed by atoms with Crippen LogP contribution in [0.4, 0.5) is 0 Å². The molecule has 0 radical (unpaired) electrons. The van der Waals surface area contributed by atoms with Gasteiger partial charge in [0.1, 0.15) is 29.8 Å². The van der Waals surface area contributed by atoms with E-state index in [1.54, 1.807) is 21.1 Å². The number of aryl methyl sites for hydroxylation is 1. The second-order valence-corrected chi connectivity index (χ2v) is 6.15. The highest BCUT2D eigenvalue weighted by molar-refractivity contribution is 5.78. The zero-order chi connectivity index (χ0) is 16.8. The Morgan fingerprint density at radius 1 is 1.39 bits per heavy atom. The summed E-state index contributed by atoms with van der Waals surface area (Å²) in [6.45, 7) is 5.52. The summed E-state index contributed by atoms with van der Waals surface area (Å²) in [5.74, 6) is 0. The van der Waals surface area contributed by atoms with Crippen molar-refractivity contribution in [3.05, 3.63) is 24.3 Å². The number of nitrogens with zero attached hydrogens (tertiary/aromatic N) is 3. The van der Waals surface area contributed by atoms with Crippen molar-refractivity contribution in [2.24, 2.45) is 0 Å². The summed E-state index contributed by atoms with van der Waals surface area (Å²) in [5, 5.41) is 11.1. The van der Waals surface area contributed by atoms with E-state index < -0.39 is 30.1 Å². The van der Waals surface area contributed by atoms with E-state index in [0.717, 1.165) is 16.7 Å². The minimum absolute atomic E-state index is 0.391. The van der Waals surface area contributed by atoms with Gasteiger partial charge >= 0.3 is 0 Å². The fraction of sp³-hybridized carbons (Fsp3) is 0.625. The third-order valence-corrected chi connectivity index (χ3v) is 4.79. The number of methoxy groups -OCH3 is 2. The summed E-state index contributed by atoms with van der Waals surface area (Å²) in [6, 6.07) is 1.96. The second kappa shape index (κ2) is 5.83. The number of rotatable bonds is 4. The van der Waals surface area contributed by atoms with Gasteiger partial charge < -0.3 is 23.9 Å². The van der Waals surface area contributed by atoms with Gasteiger partial charge in [0, 0.05) is 25.8 Å². The molecule has 1 aliphatic heterocycles. The van der Waals surface area contributed by atoms with Crippen LogP contribution in [0.15, 0.2) is 18.6 Å². The molecule has 23 heavy (non-hydrogen) atoms. The van der Waals surface area contributed by atoms with Gasteiger partial charge in [-0.25, -0.2) is 9.97 Å². The van der Waals surface area contributed by atoms with Crippen LogP contribution in [0.5, 0.6) is 0 Å². The lowest BCUT2D eigenvalue weighted by atomic mass is 9.91. The molecule has 0 amide bonds. The SMILES string of the molecule is CO[C@H]1[C@H](n2ccc3c(C)ncnc32)O[C@H]([C@@H](C)O)[C@@]1(C)OC. The molecule has 1 saturated heterocycles. The van der Waals surface area contributed by atoms with Crippen molar-refractivity contribution < 1.29 is 19.3 Å². The molecular formula is C16H23N3O4. The largest absolute Gasteiger partial charge is 0.391 e. The minimum Gasteiger partial charge on any atom is -0.391 e. The molecule has 0 unspecified atom stereocenters. The standard InChI is InChI=1S/C16H23N3O4/c1-9-11-6-7-19(14(11)18-8-17-9)15-13(21-4)16(3,22-5)12(23-15)10(2)20/h6-8,10,12-13,15,20H,1-5H3/t10-,12-,13+,15-,16-/m1/s1. The molecule has 0 bridgehead atoms. The van der Waals surface area contributed by atoms with Crippen molar-refractivity contribution in [3.8, 4) is 0 Å². The van der Waals surface area contributed by atoms with E-state index in [4.69, 9.17) is 14.2 Å². The zero-order valence-electron chi connectivity index (χ0n) is 14.1. The molecule has 1 fully saturated rings. The predicted octanol–water partition coefficient (Wildman–Crippen LogP) is 1.44. The van der Waals surface area contributed by atoms with E-state index in [9.17, 15) is 5.11 Å². The molecule has 3 heterocycles. The lowest BCUT2D eigenvalue weighted by Gasteiger charge is -2.34. The van der Waals surface area contributed by atoms with Gasteiger partial charge in [0.2, 0.25) is 0 Å². The monoisotopic (exact) mass is 321 g/mol. The first-order chi connectivity index (χ1) is 10.9. The molecule has 7 nitrogen and oxygen atoms in total. The predicted molar refractivity (Wildman–Crippen MR) is 84.1 cm³/mol. The molecule has 3 rings (SSSR count). The molecule has 1 N–H and O–H groups in total. The molecule has 5 atom stereocenters. The summed E-state index contributed by atoms with van der Waals surface area (Å²) in [6.07, 6.45) is 1.40. The summed E-state index contributed by atoms with van der Waals surface area (Å²) in [4.78, 5) is 8.58. The van der Waals surface area contributed by atoms with Gasteiger partial charge in [-0.05, 0) is 26.8 Å². The average molecular weight is 321 g/mol. The smallest absolute Gasteiger partial charge is 0.165 e. The van der Waals surface area contributed by atoms with E-state index in [2.05, 4.69) is 9.97 Å². The van der Waals surface area contributed by atoms with E-state index in [-0.39, 0.29) is 0 Å². The fourth-order valence-corrected chi connectivity index (χ4v) is 3.49. The van der Waals surface area contributed by atoms with Crippen LogP contribution in [0.1, 0.15) is 25.8 Å². The molecule has 126 valence electrons. The van der Waals surface area contributed by atoms with Gasteiger partial charge in [-0.3, -0.25) is 0 Å². The third kappa shape index (κ3) is 2.35. The fourth-order valence-electron chi connectivity index (χ4n) is 3.49. The first-order valence-corrected chi connectivity index (χ1v) is 7.63. The van der Waals surface area contributed by atoms with Crippen molar-refractivity contribution in [2.45, 2.75) is 50.9 Å². The van der Waals surface area contributed by atoms with Crippen LogP contribution < -0.4 is 0 Å². The molecule has 1 aliphatic rings. The first kappa shape index (κ1) is 16.3. The van der Waals surface area contributed by atoms with Crippen molar-refractivity contribution >= 4 is 11.0 Å². The number of hydrogen-bond acceptors (Lipinski definition) is 6. The van der Waals surface area contributed by atoms with Crippen LogP contribution in [-0.2, 0) is 14.2 Å². The van der Waals surface area contributed by atoms with Crippen molar-refractivity contribution in [2.75, 3.05) is 14.2 Å². The maximum absolute atomic E-state index is 10.1. The summed E-state index contributed by atoms with van der Waals surface area (Å²) < 4.78 is 19.4. The number of fused-ring (bicyclic) bond motifs is 1. The highest BCUT2D eigenvalue weighted by Crippen LogP contribution is 2.43. The van der Waals surface area contributed by atoms with E-state index >= 15 is 0 Å². The Morgan fingerprint density at radius 3 is 2.74 bits per heavy atom. The molecule has 2 aromatic heterocycles. The molecule has 0 spiro atoms. The molecule has 7 heteroatoms. The van der Waals surface area contributed by atoms with Crippen molar-refractivity contribution in [1.82, 2.24) is 14.5 Å². The molecule has 0 saturated carbocycles. The Balaban J connectivity index is 2.09. The van der Waals surface area contributed by atoms with Gasteiger partial charge in [0.15, 0.2) is 6.23 Å². The molecule has 2 aromatic rings. The number of ether oxygens (including phenoxy) is 3. The molecular weight excluding hydrogens is 298 g/mol. The van der Waals surface area contributed by atoms with Gasteiger partial charge in [-0.1, -0.05) is 0 Å². The normalized spacial score (nSPS) is 32.5. The lowest BCUT2D eigenvalue weighted by molar-refractivity contribution is -0.130. The van der Waals surface area contributed by atoms with Gasteiger partial charge in [-0.2, -0.15) is 0 Å². The highest BCUT2D eigenvalue weighted by atomic mass is 16.6. The Kier molecular flexibility index (Phi) is 4.14. The minimum atomic E-state index is -0.772. The van der Waals surface area contributed by atoms with Crippen molar-refractivity contribution in [1.29, 1.82) is 0 Å².